The number of amides is 1. The van der Waals surface area contributed by atoms with Crippen molar-refractivity contribution in [1.29, 1.82) is 0 Å². The fourth-order valence-electron chi connectivity index (χ4n) is 3.53. The van der Waals surface area contributed by atoms with Crippen LogP contribution in [0.4, 0.5) is 5.13 Å². The molecule has 0 spiro atoms. The van der Waals surface area contributed by atoms with E-state index in [1.807, 2.05) is 6.07 Å². The van der Waals surface area contributed by atoms with Gasteiger partial charge in [0.2, 0.25) is 10.1 Å². The first-order valence-corrected chi connectivity index (χ1v) is 10.9. The van der Waals surface area contributed by atoms with Crippen molar-refractivity contribution in [3.8, 4) is 11.5 Å². The largest absolute Gasteiger partial charge is 0.493 e. The Morgan fingerprint density at radius 1 is 1.23 bits per heavy atom. The van der Waals surface area contributed by atoms with Crippen LogP contribution in [0.3, 0.4) is 0 Å². The summed E-state index contributed by atoms with van der Waals surface area (Å²) in [6.45, 7) is 4.30. The van der Waals surface area contributed by atoms with Crippen LogP contribution < -0.4 is 25.2 Å². The quantitative estimate of drug-likeness (QED) is 0.624. The second kappa shape index (κ2) is 8.93. The Labute approximate surface area is 183 Å². The van der Waals surface area contributed by atoms with Crippen LogP contribution in [0.2, 0.25) is 0 Å². The molecular formula is C21H25N5O4S. The van der Waals surface area contributed by atoms with Crippen LogP contribution in [-0.4, -0.2) is 47.8 Å². The maximum Gasteiger partial charge on any atom is 0.288 e. The smallest absolute Gasteiger partial charge is 0.288 e. The van der Waals surface area contributed by atoms with E-state index in [9.17, 15) is 9.59 Å². The van der Waals surface area contributed by atoms with Gasteiger partial charge in [0.25, 0.3) is 11.5 Å². The first kappa shape index (κ1) is 21.1. The summed E-state index contributed by atoms with van der Waals surface area (Å²) < 4.78 is 11.7. The molecule has 1 saturated heterocycles. The number of nitrogens with one attached hydrogen (secondary N) is 1. The highest BCUT2D eigenvalue weighted by Crippen LogP contribution is 2.28. The summed E-state index contributed by atoms with van der Waals surface area (Å²) in [5.41, 5.74) is 0.306. The number of anilines is 1. The van der Waals surface area contributed by atoms with Gasteiger partial charge in [0.15, 0.2) is 11.5 Å². The van der Waals surface area contributed by atoms with E-state index in [2.05, 4.69) is 27.2 Å². The second-order valence-electron chi connectivity index (χ2n) is 7.60. The van der Waals surface area contributed by atoms with Gasteiger partial charge in [-0.05, 0) is 36.5 Å². The van der Waals surface area contributed by atoms with Crippen molar-refractivity contribution in [2.75, 3.05) is 32.2 Å². The molecule has 2 aromatic heterocycles. The Kier molecular flexibility index (Phi) is 6.08. The number of fused-ring (bicyclic) bond motifs is 1. The summed E-state index contributed by atoms with van der Waals surface area (Å²) in [6.07, 6.45) is 3.52. The van der Waals surface area contributed by atoms with E-state index in [0.717, 1.165) is 36.6 Å². The molecule has 0 radical (unpaired) electrons. The molecule has 0 bridgehead atoms. The maximum absolute atomic E-state index is 12.9. The van der Waals surface area contributed by atoms with Gasteiger partial charge in [0, 0.05) is 25.8 Å². The molecule has 1 aromatic carbocycles. The van der Waals surface area contributed by atoms with E-state index in [-0.39, 0.29) is 12.1 Å². The molecule has 0 unspecified atom stereocenters. The minimum absolute atomic E-state index is 0.0397. The number of carbonyl (C=O) groups excluding carboxylic acids is 1. The SMILES string of the molecule is COc1ccc(CNC(=O)c2cnc3sc(N4CCC(C)CC4)nn3c2=O)cc1OC. The summed E-state index contributed by atoms with van der Waals surface area (Å²) in [5.74, 6) is 1.38. The van der Waals surface area contributed by atoms with E-state index in [1.165, 1.54) is 22.0 Å². The number of hydrogen-bond acceptors (Lipinski definition) is 8. The van der Waals surface area contributed by atoms with Crippen LogP contribution in [0.1, 0.15) is 35.7 Å². The third kappa shape index (κ3) is 4.34. The lowest BCUT2D eigenvalue weighted by atomic mass is 10.00. The highest BCUT2D eigenvalue weighted by atomic mass is 32.1. The zero-order valence-electron chi connectivity index (χ0n) is 17.8. The monoisotopic (exact) mass is 443 g/mol. The van der Waals surface area contributed by atoms with E-state index >= 15 is 0 Å². The number of rotatable bonds is 6. The Morgan fingerprint density at radius 3 is 2.68 bits per heavy atom. The molecule has 31 heavy (non-hydrogen) atoms. The predicted octanol–water partition coefficient (Wildman–Crippen LogP) is 2.33. The van der Waals surface area contributed by atoms with Crippen LogP contribution in [0.25, 0.3) is 4.96 Å². The first-order valence-electron chi connectivity index (χ1n) is 10.1. The highest BCUT2D eigenvalue weighted by molar-refractivity contribution is 7.20. The molecule has 1 amide bonds. The lowest BCUT2D eigenvalue weighted by Crippen LogP contribution is -2.33. The standard InChI is InChI=1S/C21H25N5O4S/c1-13-6-8-25(9-7-13)21-24-26-19(28)15(12-23-20(26)31-21)18(27)22-11-14-4-5-16(29-2)17(10-14)30-3/h4-5,10,12-13H,6-9,11H2,1-3H3,(H,22,27). The van der Waals surface area contributed by atoms with Crippen molar-refractivity contribution in [2.45, 2.75) is 26.3 Å². The molecule has 3 heterocycles. The van der Waals surface area contributed by atoms with Gasteiger partial charge in [0.05, 0.1) is 14.2 Å². The normalized spacial score (nSPS) is 14.6. The molecular weight excluding hydrogens is 418 g/mol. The third-order valence-corrected chi connectivity index (χ3v) is 6.46. The number of aromatic nitrogens is 3. The lowest BCUT2D eigenvalue weighted by molar-refractivity contribution is 0.0948. The summed E-state index contributed by atoms with van der Waals surface area (Å²) in [6, 6.07) is 5.36. The molecule has 164 valence electrons. The molecule has 1 aliphatic rings. The molecule has 0 atom stereocenters. The number of benzene rings is 1. The van der Waals surface area contributed by atoms with Gasteiger partial charge in [-0.15, -0.1) is 5.10 Å². The Hall–Kier alpha value is -3.14. The average Bonchev–Trinajstić information content (AvgIpc) is 3.23. The number of piperidine rings is 1. The number of hydrogen-bond donors (Lipinski definition) is 1. The molecule has 1 aliphatic heterocycles. The molecule has 3 aromatic rings. The summed E-state index contributed by atoms with van der Waals surface area (Å²) in [5, 5.41) is 7.96. The second-order valence-corrected chi connectivity index (χ2v) is 8.53. The number of nitrogens with zero attached hydrogens (tertiary/aromatic N) is 4. The molecule has 0 saturated carbocycles. The van der Waals surface area contributed by atoms with Crippen molar-refractivity contribution < 1.29 is 14.3 Å². The van der Waals surface area contributed by atoms with Gasteiger partial charge in [-0.25, -0.2) is 4.98 Å². The van der Waals surface area contributed by atoms with E-state index < -0.39 is 11.5 Å². The zero-order chi connectivity index (χ0) is 22.0. The Morgan fingerprint density at radius 2 is 1.97 bits per heavy atom. The lowest BCUT2D eigenvalue weighted by Gasteiger charge is -2.29. The molecule has 10 heteroatoms. The van der Waals surface area contributed by atoms with Crippen molar-refractivity contribution in [3.05, 3.63) is 45.9 Å². The van der Waals surface area contributed by atoms with Gasteiger partial charge >= 0.3 is 0 Å². The van der Waals surface area contributed by atoms with Crippen molar-refractivity contribution in [1.82, 2.24) is 19.9 Å². The van der Waals surface area contributed by atoms with Gasteiger partial charge in [-0.2, -0.15) is 4.52 Å². The van der Waals surface area contributed by atoms with Gasteiger partial charge in [-0.1, -0.05) is 24.3 Å². The molecule has 1 fully saturated rings. The van der Waals surface area contributed by atoms with E-state index in [4.69, 9.17) is 9.47 Å². The summed E-state index contributed by atoms with van der Waals surface area (Å²) >= 11 is 1.37. The highest BCUT2D eigenvalue weighted by Gasteiger charge is 2.21. The molecule has 1 N–H and O–H groups in total. The third-order valence-electron chi connectivity index (χ3n) is 5.48. The van der Waals surface area contributed by atoms with Crippen LogP contribution in [-0.2, 0) is 6.54 Å². The van der Waals surface area contributed by atoms with Gasteiger partial charge < -0.3 is 19.7 Å². The van der Waals surface area contributed by atoms with E-state index in [1.54, 1.807) is 26.4 Å². The Balaban J connectivity index is 1.50. The van der Waals surface area contributed by atoms with Crippen molar-refractivity contribution >= 4 is 27.3 Å². The van der Waals surface area contributed by atoms with Gasteiger partial charge in [0.1, 0.15) is 5.56 Å². The fraction of sp³-hybridized carbons (Fsp3) is 0.429. The predicted molar refractivity (Wildman–Crippen MR) is 118 cm³/mol. The van der Waals surface area contributed by atoms with Crippen LogP contribution in [0, 0.1) is 5.92 Å². The van der Waals surface area contributed by atoms with Crippen LogP contribution in [0.5, 0.6) is 11.5 Å². The van der Waals surface area contributed by atoms with Crippen molar-refractivity contribution in [2.24, 2.45) is 5.92 Å². The van der Waals surface area contributed by atoms with Crippen LogP contribution in [0.15, 0.2) is 29.2 Å². The Bertz CT molecular complexity index is 1150. The zero-order valence-corrected chi connectivity index (χ0v) is 18.6. The first-order chi connectivity index (χ1) is 15.0. The average molecular weight is 444 g/mol. The van der Waals surface area contributed by atoms with Crippen LogP contribution >= 0.6 is 11.3 Å². The minimum Gasteiger partial charge on any atom is -0.493 e. The summed E-state index contributed by atoms with van der Waals surface area (Å²) in [4.78, 5) is 32.5. The maximum atomic E-state index is 12.9. The molecule has 0 aliphatic carbocycles. The van der Waals surface area contributed by atoms with E-state index in [0.29, 0.717) is 22.4 Å². The van der Waals surface area contributed by atoms with Gasteiger partial charge in [-0.3, -0.25) is 9.59 Å². The van der Waals surface area contributed by atoms with Crippen molar-refractivity contribution in [3.63, 3.8) is 0 Å². The molecule has 9 nitrogen and oxygen atoms in total. The number of carbonyl (C=O) groups is 1. The fourth-order valence-corrected chi connectivity index (χ4v) is 4.44. The molecule has 4 rings (SSSR count). The number of methoxy groups -OCH3 is 2. The number of ether oxygens (including phenoxy) is 2. The topological polar surface area (TPSA) is 98.1 Å². The summed E-state index contributed by atoms with van der Waals surface area (Å²) in [7, 11) is 3.11. The minimum atomic E-state index is -0.497.